The van der Waals surface area contributed by atoms with E-state index >= 15 is 0 Å². The van der Waals surface area contributed by atoms with Crippen LogP contribution in [0, 0.1) is 0 Å². The summed E-state index contributed by atoms with van der Waals surface area (Å²) in [5, 5.41) is 3.48. The smallest absolute Gasteiger partial charge is 0.281 e. The van der Waals surface area contributed by atoms with E-state index in [1.165, 1.54) is 0 Å². The predicted octanol–water partition coefficient (Wildman–Crippen LogP) is 3.38. The molecule has 0 aliphatic rings. The molecule has 3 aromatic rings. The van der Waals surface area contributed by atoms with E-state index in [1.54, 1.807) is 6.07 Å². The molecule has 0 aliphatic heterocycles. The van der Waals surface area contributed by atoms with Gasteiger partial charge >= 0.3 is 0 Å². The van der Waals surface area contributed by atoms with Gasteiger partial charge in [-0.05, 0) is 40.2 Å². The summed E-state index contributed by atoms with van der Waals surface area (Å²) < 4.78 is 2.51. The van der Waals surface area contributed by atoms with Crippen LogP contribution in [0.3, 0.4) is 0 Å². The Kier molecular flexibility index (Phi) is 3.69. The number of hydrogen-bond donors (Lipinski definition) is 2. The number of benzene rings is 2. The monoisotopic (exact) mass is 408 g/mol. The van der Waals surface area contributed by atoms with Gasteiger partial charge in [-0.3, -0.25) is 4.79 Å². The molecule has 0 saturated heterocycles. The van der Waals surface area contributed by atoms with E-state index in [2.05, 4.69) is 42.2 Å². The van der Waals surface area contributed by atoms with Crippen molar-refractivity contribution in [1.82, 2.24) is 9.66 Å². The number of nitrogen functional groups attached to an aromatic ring is 1. The van der Waals surface area contributed by atoms with E-state index in [9.17, 15) is 4.79 Å². The number of hydrogen-bond acceptors (Lipinski definition) is 4. The number of nitrogens with one attached hydrogen (secondary N) is 1. The summed E-state index contributed by atoms with van der Waals surface area (Å²) in [4.78, 5) is 16.8. The lowest BCUT2D eigenvalue weighted by Crippen LogP contribution is -2.30. The van der Waals surface area contributed by atoms with Crippen LogP contribution in [0.15, 0.2) is 56.2 Å². The van der Waals surface area contributed by atoms with Gasteiger partial charge in [0.25, 0.3) is 5.56 Å². The summed E-state index contributed by atoms with van der Waals surface area (Å²) in [5.74, 6) is 6.12. The second-order valence-corrected chi connectivity index (χ2v) is 6.16. The topological polar surface area (TPSA) is 72.9 Å². The van der Waals surface area contributed by atoms with Crippen molar-refractivity contribution in [3.8, 4) is 0 Å². The third-order valence-electron chi connectivity index (χ3n) is 2.95. The number of nitrogens with two attached hydrogens (primary N) is 1. The Bertz CT molecular complexity index is 878. The number of anilines is 2. The molecule has 0 saturated carbocycles. The quantitative estimate of drug-likeness (QED) is 0.636. The van der Waals surface area contributed by atoms with E-state index in [1.807, 2.05) is 36.4 Å². The second kappa shape index (κ2) is 5.50. The van der Waals surface area contributed by atoms with Crippen molar-refractivity contribution in [3.05, 3.63) is 61.8 Å². The van der Waals surface area contributed by atoms with Crippen LogP contribution in [0.5, 0.6) is 0 Å². The van der Waals surface area contributed by atoms with Gasteiger partial charge in [-0.1, -0.05) is 34.1 Å². The number of para-hydroxylation sites is 1. The van der Waals surface area contributed by atoms with Crippen molar-refractivity contribution < 1.29 is 0 Å². The molecule has 0 spiro atoms. The Balaban J connectivity index is 2.21. The first kappa shape index (κ1) is 14.1. The van der Waals surface area contributed by atoms with Crippen molar-refractivity contribution in [3.63, 3.8) is 0 Å². The van der Waals surface area contributed by atoms with E-state index in [0.717, 1.165) is 19.3 Å². The summed E-state index contributed by atoms with van der Waals surface area (Å²) in [6, 6.07) is 12.9. The van der Waals surface area contributed by atoms with E-state index in [4.69, 9.17) is 5.84 Å². The van der Waals surface area contributed by atoms with Gasteiger partial charge < -0.3 is 11.2 Å². The minimum absolute atomic E-state index is 0.279. The molecule has 0 amide bonds. The molecular formula is C14H10Br2N4O. The number of rotatable bonds is 2. The summed E-state index contributed by atoms with van der Waals surface area (Å²) in [6.45, 7) is 0. The number of halogens is 2. The molecule has 0 atom stereocenters. The lowest BCUT2D eigenvalue weighted by Gasteiger charge is -2.11. The highest BCUT2D eigenvalue weighted by molar-refractivity contribution is 9.11. The van der Waals surface area contributed by atoms with Crippen LogP contribution in [0.4, 0.5) is 11.6 Å². The zero-order chi connectivity index (χ0) is 15.0. The Morgan fingerprint density at radius 2 is 1.86 bits per heavy atom. The van der Waals surface area contributed by atoms with Crippen LogP contribution >= 0.6 is 31.9 Å². The largest absolute Gasteiger partial charge is 0.333 e. The Morgan fingerprint density at radius 1 is 1.14 bits per heavy atom. The fourth-order valence-corrected chi connectivity index (χ4v) is 3.28. The molecule has 0 radical (unpaired) electrons. The Morgan fingerprint density at radius 3 is 2.57 bits per heavy atom. The van der Waals surface area contributed by atoms with Crippen LogP contribution in [0.1, 0.15) is 0 Å². The van der Waals surface area contributed by atoms with Crippen LogP contribution in [-0.2, 0) is 0 Å². The van der Waals surface area contributed by atoms with Gasteiger partial charge in [0.15, 0.2) is 0 Å². The lowest BCUT2D eigenvalue weighted by atomic mass is 10.2. The average molecular weight is 410 g/mol. The molecule has 0 fully saturated rings. The standard InChI is InChI=1S/C14H10Br2N4O/c15-8-6-10-12(11(16)7-8)19-14(20(17)13(10)21)18-9-4-2-1-3-5-9/h1-7H,17H2,(H,18,19). The average Bonchev–Trinajstić information content (AvgIpc) is 2.47. The summed E-state index contributed by atoms with van der Waals surface area (Å²) in [7, 11) is 0. The van der Waals surface area contributed by atoms with Gasteiger partial charge in [-0.2, -0.15) is 4.68 Å². The minimum atomic E-state index is -0.319. The van der Waals surface area contributed by atoms with E-state index in [0.29, 0.717) is 10.9 Å². The van der Waals surface area contributed by atoms with Crippen molar-refractivity contribution >= 4 is 54.4 Å². The van der Waals surface area contributed by atoms with Gasteiger partial charge in [0.2, 0.25) is 5.95 Å². The number of fused-ring (bicyclic) bond motifs is 1. The molecule has 2 aromatic carbocycles. The molecule has 7 heteroatoms. The molecule has 1 heterocycles. The van der Waals surface area contributed by atoms with Crippen molar-refractivity contribution in [2.75, 3.05) is 11.2 Å². The van der Waals surface area contributed by atoms with E-state index < -0.39 is 0 Å². The van der Waals surface area contributed by atoms with Crippen molar-refractivity contribution in [2.45, 2.75) is 0 Å². The van der Waals surface area contributed by atoms with Crippen LogP contribution in [-0.4, -0.2) is 9.66 Å². The second-order valence-electron chi connectivity index (χ2n) is 4.39. The zero-order valence-electron chi connectivity index (χ0n) is 10.7. The molecule has 3 rings (SSSR count). The van der Waals surface area contributed by atoms with Gasteiger partial charge in [0.1, 0.15) is 0 Å². The van der Waals surface area contributed by atoms with Crippen molar-refractivity contribution in [1.29, 1.82) is 0 Å². The highest BCUT2D eigenvalue weighted by Crippen LogP contribution is 2.26. The summed E-state index contributed by atoms with van der Waals surface area (Å²) >= 11 is 6.77. The maximum Gasteiger partial charge on any atom is 0.281 e. The summed E-state index contributed by atoms with van der Waals surface area (Å²) in [5.41, 5.74) is 1.04. The molecule has 106 valence electrons. The molecule has 3 N–H and O–H groups in total. The van der Waals surface area contributed by atoms with Crippen LogP contribution in [0.2, 0.25) is 0 Å². The third-order valence-corrected chi connectivity index (χ3v) is 4.02. The fourth-order valence-electron chi connectivity index (χ4n) is 1.97. The molecule has 0 aliphatic carbocycles. The molecule has 5 nitrogen and oxygen atoms in total. The third kappa shape index (κ3) is 2.66. The first-order valence-electron chi connectivity index (χ1n) is 6.05. The first-order valence-corrected chi connectivity index (χ1v) is 7.64. The molecule has 1 aromatic heterocycles. The first-order chi connectivity index (χ1) is 10.1. The van der Waals surface area contributed by atoms with Crippen LogP contribution in [0.25, 0.3) is 10.9 Å². The maximum absolute atomic E-state index is 12.4. The summed E-state index contributed by atoms with van der Waals surface area (Å²) in [6.07, 6.45) is 0. The molecule has 0 unspecified atom stereocenters. The maximum atomic E-state index is 12.4. The normalized spacial score (nSPS) is 10.8. The number of aromatic nitrogens is 2. The SMILES string of the molecule is Nn1c(Nc2ccccc2)nc2c(Br)cc(Br)cc2c1=O. The fraction of sp³-hybridized carbons (Fsp3) is 0. The zero-order valence-corrected chi connectivity index (χ0v) is 13.8. The van der Waals surface area contributed by atoms with Gasteiger partial charge in [-0.25, -0.2) is 4.98 Å². The Labute approximate surface area is 137 Å². The highest BCUT2D eigenvalue weighted by atomic mass is 79.9. The van der Waals surface area contributed by atoms with Gasteiger partial charge in [0, 0.05) is 14.6 Å². The molecule has 21 heavy (non-hydrogen) atoms. The lowest BCUT2D eigenvalue weighted by molar-refractivity contribution is 0.926. The predicted molar refractivity (Wildman–Crippen MR) is 91.3 cm³/mol. The van der Waals surface area contributed by atoms with Gasteiger partial charge in [0.05, 0.1) is 10.9 Å². The highest BCUT2D eigenvalue weighted by Gasteiger charge is 2.12. The van der Waals surface area contributed by atoms with Crippen LogP contribution < -0.4 is 16.7 Å². The molecular weight excluding hydrogens is 400 g/mol. The van der Waals surface area contributed by atoms with E-state index in [-0.39, 0.29) is 11.5 Å². The van der Waals surface area contributed by atoms with Crippen molar-refractivity contribution in [2.24, 2.45) is 0 Å². The minimum Gasteiger partial charge on any atom is -0.333 e. The molecule has 0 bridgehead atoms. The Hall–Kier alpha value is -1.86. The number of nitrogens with zero attached hydrogens (tertiary/aromatic N) is 2. The van der Waals surface area contributed by atoms with Gasteiger partial charge in [-0.15, -0.1) is 0 Å².